The Morgan fingerprint density at radius 1 is 1.24 bits per heavy atom. The van der Waals surface area contributed by atoms with Crippen molar-refractivity contribution in [1.29, 1.82) is 0 Å². The van der Waals surface area contributed by atoms with Gasteiger partial charge in [0.15, 0.2) is 0 Å². The molecule has 0 radical (unpaired) electrons. The predicted molar refractivity (Wildman–Crippen MR) is 71.3 cm³/mol. The molecule has 1 rings (SSSR count). The Bertz CT molecular complexity index is 369. The molecule has 0 heterocycles. The summed E-state index contributed by atoms with van der Waals surface area (Å²) in [6.07, 6.45) is 4.40. The van der Waals surface area contributed by atoms with Crippen molar-refractivity contribution in [3.8, 4) is 0 Å². The van der Waals surface area contributed by atoms with Crippen LogP contribution in [0.25, 0.3) is 0 Å². The van der Waals surface area contributed by atoms with Crippen molar-refractivity contribution in [3.63, 3.8) is 0 Å². The monoisotopic (exact) mass is 305 g/mol. The van der Waals surface area contributed by atoms with Crippen LogP contribution in [0.2, 0.25) is 0 Å². The minimum atomic E-state index is -0.449. The lowest BCUT2D eigenvalue weighted by Crippen LogP contribution is -2.16. The summed E-state index contributed by atoms with van der Waals surface area (Å²) in [5, 5.41) is 3.00. The van der Waals surface area contributed by atoms with Crippen LogP contribution in [0, 0.1) is 11.6 Å². The van der Waals surface area contributed by atoms with E-state index in [-0.39, 0.29) is 16.2 Å². The summed E-state index contributed by atoms with van der Waals surface area (Å²) in [7, 11) is 0. The van der Waals surface area contributed by atoms with E-state index in [1.54, 1.807) is 0 Å². The summed E-state index contributed by atoms with van der Waals surface area (Å²) >= 11 is 2.95. The SMILES string of the molecule is CCCCCC(C)Nc1cc(F)c(Br)cc1F. The van der Waals surface area contributed by atoms with Gasteiger partial charge in [0.2, 0.25) is 0 Å². The maximum absolute atomic E-state index is 13.5. The van der Waals surface area contributed by atoms with Gasteiger partial charge in [-0.25, -0.2) is 8.78 Å². The highest BCUT2D eigenvalue weighted by Gasteiger charge is 2.10. The van der Waals surface area contributed by atoms with E-state index in [0.29, 0.717) is 0 Å². The third-order valence-electron chi connectivity index (χ3n) is 2.65. The van der Waals surface area contributed by atoms with Crippen molar-refractivity contribution in [3.05, 3.63) is 28.2 Å². The first-order chi connectivity index (χ1) is 8.04. The van der Waals surface area contributed by atoms with Gasteiger partial charge in [0, 0.05) is 12.1 Å². The molecule has 0 fully saturated rings. The minimum absolute atomic E-state index is 0.150. The molecule has 1 N–H and O–H groups in total. The van der Waals surface area contributed by atoms with Crippen LogP contribution in [0.3, 0.4) is 0 Å². The number of anilines is 1. The van der Waals surface area contributed by atoms with Crippen LogP contribution in [-0.4, -0.2) is 6.04 Å². The molecule has 17 heavy (non-hydrogen) atoms. The quantitative estimate of drug-likeness (QED) is 0.569. The highest BCUT2D eigenvalue weighted by atomic mass is 79.9. The Kier molecular flexibility index (Phi) is 5.89. The van der Waals surface area contributed by atoms with Crippen molar-refractivity contribution < 1.29 is 8.78 Å². The van der Waals surface area contributed by atoms with Gasteiger partial charge in [0.25, 0.3) is 0 Å². The van der Waals surface area contributed by atoms with E-state index in [0.717, 1.165) is 25.3 Å². The molecule has 4 heteroatoms. The number of unbranched alkanes of at least 4 members (excludes halogenated alkanes) is 2. The van der Waals surface area contributed by atoms with Crippen molar-refractivity contribution >= 4 is 21.6 Å². The maximum Gasteiger partial charge on any atom is 0.147 e. The van der Waals surface area contributed by atoms with Gasteiger partial charge < -0.3 is 5.32 Å². The summed E-state index contributed by atoms with van der Waals surface area (Å²) in [6, 6.07) is 2.49. The van der Waals surface area contributed by atoms with Crippen LogP contribution in [0.5, 0.6) is 0 Å². The number of hydrogen-bond acceptors (Lipinski definition) is 1. The molecular formula is C13H18BrF2N. The molecular weight excluding hydrogens is 288 g/mol. The normalized spacial score (nSPS) is 12.5. The Hall–Kier alpha value is -0.640. The Morgan fingerprint density at radius 2 is 1.94 bits per heavy atom. The molecule has 0 aliphatic carbocycles. The summed E-state index contributed by atoms with van der Waals surface area (Å²) in [5.41, 5.74) is 0.231. The van der Waals surface area contributed by atoms with Crippen LogP contribution < -0.4 is 5.32 Å². The second-order valence-corrected chi connectivity index (χ2v) is 5.14. The maximum atomic E-state index is 13.5. The standard InChI is InChI=1S/C13H18BrF2N/c1-3-4-5-6-9(2)17-13-8-11(15)10(14)7-12(13)16/h7-9,17H,3-6H2,1-2H3. The van der Waals surface area contributed by atoms with E-state index in [1.807, 2.05) is 6.92 Å². The molecule has 0 saturated heterocycles. The van der Waals surface area contributed by atoms with Crippen molar-refractivity contribution in [2.45, 2.75) is 45.6 Å². The average molecular weight is 306 g/mol. The first kappa shape index (κ1) is 14.4. The summed E-state index contributed by atoms with van der Waals surface area (Å²) in [4.78, 5) is 0. The molecule has 1 unspecified atom stereocenters. The molecule has 0 aromatic heterocycles. The van der Waals surface area contributed by atoms with Gasteiger partial charge in [-0.1, -0.05) is 26.2 Å². The number of rotatable bonds is 6. The lowest BCUT2D eigenvalue weighted by molar-refractivity contribution is 0.584. The second kappa shape index (κ2) is 6.94. The third kappa shape index (κ3) is 4.62. The lowest BCUT2D eigenvalue weighted by atomic mass is 10.1. The first-order valence-electron chi connectivity index (χ1n) is 5.95. The zero-order valence-corrected chi connectivity index (χ0v) is 11.8. The van der Waals surface area contributed by atoms with Gasteiger partial charge in [-0.2, -0.15) is 0 Å². The van der Waals surface area contributed by atoms with Crippen LogP contribution in [0.15, 0.2) is 16.6 Å². The number of hydrogen-bond donors (Lipinski definition) is 1. The van der Waals surface area contributed by atoms with Crippen molar-refractivity contribution in [2.75, 3.05) is 5.32 Å². The van der Waals surface area contributed by atoms with E-state index >= 15 is 0 Å². The summed E-state index contributed by atoms with van der Waals surface area (Å²) < 4.78 is 26.9. The van der Waals surface area contributed by atoms with Crippen molar-refractivity contribution in [1.82, 2.24) is 0 Å². The van der Waals surface area contributed by atoms with E-state index < -0.39 is 11.6 Å². The van der Waals surface area contributed by atoms with Gasteiger partial charge >= 0.3 is 0 Å². The van der Waals surface area contributed by atoms with E-state index in [4.69, 9.17) is 0 Å². The van der Waals surface area contributed by atoms with E-state index in [1.165, 1.54) is 12.5 Å². The Morgan fingerprint density at radius 3 is 2.59 bits per heavy atom. The third-order valence-corrected chi connectivity index (χ3v) is 3.26. The lowest BCUT2D eigenvalue weighted by Gasteiger charge is -2.16. The zero-order chi connectivity index (χ0) is 12.8. The Labute approximate surface area is 110 Å². The molecule has 96 valence electrons. The van der Waals surface area contributed by atoms with Gasteiger partial charge in [-0.15, -0.1) is 0 Å². The molecule has 0 aliphatic heterocycles. The molecule has 0 bridgehead atoms. The Balaban J connectivity index is 2.58. The fourth-order valence-electron chi connectivity index (χ4n) is 1.67. The number of benzene rings is 1. The highest BCUT2D eigenvalue weighted by molar-refractivity contribution is 9.10. The molecule has 0 spiro atoms. The molecule has 0 saturated carbocycles. The second-order valence-electron chi connectivity index (χ2n) is 4.29. The molecule has 1 aromatic rings. The van der Waals surface area contributed by atoms with Crippen LogP contribution in [0.1, 0.15) is 39.5 Å². The summed E-state index contributed by atoms with van der Waals surface area (Å²) in [5.74, 6) is -0.879. The smallest absolute Gasteiger partial charge is 0.147 e. The zero-order valence-electron chi connectivity index (χ0n) is 10.2. The van der Waals surface area contributed by atoms with Gasteiger partial charge in [-0.3, -0.25) is 0 Å². The fourth-order valence-corrected chi connectivity index (χ4v) is 1.99. The molecule has 1 aromatic carbocycles. The van der Waals surface area contributed by atoms with Gasteiger partial charge in [0.1, 0.15) is 11.6 Å². The highest BCUT2D eigenvalue weighted by Crippen LogP contribution is 2.24. The van der Waals surface area contributed by atoms with Crippen LogP contribution in [-0.2, 0) is 0 Å². The topological polar surface area (TPSA) is 12.0 Å². The summed E-state index contributed by atoms with van der Waals surface area (Å²) in [6.45, 7) is 4.12. The van der Waals surface area contributed by atoms with Crippen molar-refractivity contribution in [2.24, 2.45) is 0 Å². The minimum Gasteiger partial charge on any atom is -0.380 e. The number of halogens is 3. The van der Waals surface area contributed by atoms with Crippen LogP contribution >= 0.6 is 15.9 Å². The fraction of sp³-hybridized carbons (Fsp3) is 0.538. The molecule has 0 aliphatic rings. The molecule has 1 atom stereocenters. The predicted octanol–water partition coefficient (Wildman–Crippen LogP) is 5.11. The van der Waals surface area contributed by atoms with Crippen LogP contribution in [0.4, 0.5) is 14.5 Å². The largest absolute Gasteiger partial charge is 0.380 e. The molecule has 1 nitrogen and oxygen atoms in total. The van der Waals surface area contributed by atoms with E-state index in [2.05, 4.69) is 28.2 Å². The van der Waals surface area contributed by atoms with E-state index in [9.17, 15) is 8.78 Å². The number of nitrogens with one attached hydrogen (secondary N) is 1. The van der Waals surface area contributed by atoms with Gasteiger partial charge in [-0.05, 0) is 35.3 Å². The average Bonchev–Trinajstić information content (AvgIpc) is 2.26. The first-order valence-corrected chi connectivity index (χ1v) is 6.75. The molecule has 0 amide bonds. The van der Waals surface area contributed by atoms with Gasteiger partial charge in [0.05, 0.1) is 10.2 Å².